The number of thiol groups is 1. The topological polar surface area (TPSA) is 85.6 Å². The van der Waals surface area contributed by atoms with Crippen molar-refractivity contribution in [2.75, 3.05) is 18.5 Å². The highest BCUT2D eigenvalue weighted by Crippen LogP contribution is 2.31. The van der Waals surface area contributed by atoms with Gasteiger partial charge in [0.05, 0.1) is 17.0 Å². The maximum Gasteiger partial charge on any atom is 0.343 e. The summed E-state index contributed by atoms with van der Waals surface area (Å²) < 4.78 is 11.4. The van der Waals surface area contributed by atoms with E-state index in [2.05, 4.69) is 41.5 Å². The van der Waals surface area contributed by atoms with E-state index in [9.17, 15) is 4.79 Å². The Morgan fingerprint density at radius 1 is 0.868 bits per heavy atom. The smallest absolute Gasteiger partial charge is 0.343 e. The van der Waals surface area contributed by atoms with Crippen LogP contribution >= 0.6 is 12.6 Å². The minimum atomic E-state index is -0.420. The van der Waals surface area contributed by atoms with Crippen LogP contribution in [-0.2, 0) is 12.3 Å². The Hall–Kier alpha value is -4.36. The molecule has 0 atom stereocenters. The van der Waals surface area contributed by atoms with E-state index in [1.165, 1.54) is 0 Å². The fraction of sp³-hybridized carbons (Fsp3) is 0.129. The van der Waals surface area contributed by atoms with E-state index < -0.39 is 5.97 Å². The van der Waals surface area contributed by atoms with Crippen molar-refractivity contribution in [2.45, 2.75) is 12.3 Å². The average Bonchev–Trinajstić information content (AvgIpc) is 2.96. The van der Waals surface area contributed by atoms with Crippen LogP contribution in [0.25, 0.3) is 11.4 Å². The largest absolute Gasteiger partial charge is 0.492 e. The number of nitrogens with one attached hydrogen (secondary N) is 2. The van der Waals surface area contributed by atoms with Crippen molar-refractivity contribution in [3.8, 4) is 11.5 Å². The predicted molar refractivity (Wildman–Crippen MR) is 155 cm³/mol. The van der Waals surface area contributed by atoms with E-state index in [0.29, 0.717) is 48.2 Å². The molecule has 0 saturated carbocycles. The van der Waals surface area contributed by atoms with Crippen LogP contribution in [0.1, 0.15) is 32.6 Å². The van der Waals surface area contributed by atoms with Crippen molar-refractivity contribution in [3.63, 3.8) is 0 Å². The Balaban J connectivity index is 1.21. The van der Waals surface area contributed by atoms with Crippen molar-refractivity contribution in [2.24, 2.45) is 5.73 Å². The summed E-state index contributed by atoms with van der Waals surface area (Å²) in [6, 6.07) is 30.5. The van der Waals surface area contributed by atoms with Gasteiger partial charge in [0.25, 0.3) is 0 Å². The number of carbonyl (C=O) groups is 1. The third-order valence-electron chi connectivity index (χ3n) is 6.32. The van der Waals surface area contributed by atoms with Crippen molar-refractivity contribution in [3.05, 3.63) is 125 Å². The van der Waals surface area contributed by atoms with Crippen LogP contribution in [0, 0.1) is 0 Å². The minimum Gasteiger partial charge on any atom is -0.492 e. The number of hydrogen-bond acceptors (Lipinski definition) is 7. The third kappa shape index (κ3) is 5.79. The summed E-state index contributed by atoms with van der Waals surface area (Å²) in [7, 11) is 0. The molecule has 1 aliphatic rings. The molecule has 1 aliphatic heterocycles. The summed E-state index contributed by atoms with van der Waals surface area (Å²) in [4.78, 5) is 12.5. The summed E-state index contributed by atoms with van der Waals surface area (Å²) in [6.45, 7) is 1.66. The number of para-hydroxylation sites is 1. The number of ether oxygens (including phenoxy) is 2. The third-order valence-corrected chi connectivity index (χ3v) is 6.69. The molecule has 0 radical (unpaired) electrons. The molecular formula is C31H29N3O3S. The van der Waals surface area contributed by atoms with Gasteiger partial charge in [-0.3, -0.25) is 0 Å². The molecule has 1 heterocycles. The molecule has 0 fully saturated rings. The van der Waals surface area contributed by atoms with E-state index in [4.69, 9.17) is 15.2 Å². The molecule has 6 nitrogen and oxygen atoms in total. The van der Waals surface area contributed by atoms with Crippen molar-refractivity contribution in [1.29, 1.82) is 0 Å². The van der Waals surface area contributed by atoms with Gasteiger partial charge in [0.15, 0.2) is 0 Å². The molecule has 5 rings (SSSR count). The highest BCUT2D eigenvalue weighted by atomic mass is 32.1. The molecule has 7 heteroatoms. The summed E-state index contributed by atoms with van der Waals surface area (Å²) >= 11 is 4.24. The Morgan fingerprint density at radius 3 is 2.32 bits per heavy atom. The fourth-order valence-electron chi connectivity index (χ4n) is 4.31. The zero-order valence-corrected chi connectivity index (χ0v) is 21.7. The summed E-state index contributed by atoms with van der Waals surface area (Å²) in [5.41, 5.74) is 14.0. The van der Waals surface area contributed by atoms with Gasteiger partial charge in [0.2, 0.25) is 0 Å². The molecule has 4 N–H and O–H groups in total. The van der Waals surface area contributed by atoms with Gasteiger partial charge in [0.1, 0.15) is 18.1 Å². The normalized spacial score (nSPS) is 12.3. The monoisotopic (exact) mass is 523 g/mol. The van der Waals surface area contributed by atoms with E-state index in [1.54, 1.807) is 36.4 Å². The fourth-order valence-corrected chi connectivity index (χ4v) is 4.52. The Kier molecular flexibility index (Phi) is 7.85. The first-order valence-electron chi connectivity index (χ1n) is 12.4. The molecule has 0 aromatic heterocycles. The lowest BCUT2D eigenvalue weighted by Crippen LogP contribution is -2.24. The van der Waals surface area contributed by atoms with E-state index in [1.807, 2.05) is 42.5 Å². The maximum atomic E-state index is 12.5. The second-order valence-electron chi connectivity index (χ2n) is 8.84. The number of benzene rings is 4. The molecule has 38 heavy (non-hydrogen) atoms. The van der Waals surface area contributed by atoms with Gasteiger partial charge in [0, 0.05) is 35.7 Å². The summed E-state index contributed by atoms with van der Waals surface area (Å²) in [6.07, 6.45) is 0. The number of carbonyl (C=O) groups excluding carboxylic acids is 1. The molecule has 0 amide bonds. The van der Waals surface area contributed by atoms with Crippen LogP contribution in [0.3, 0.4) is 0 Å². The Morgan fingerprint density at radius 2 is 1.55 bits per heavy atom. The molecular weight excluding hydrogens is 494 g/mol. The molecule has 0 saturated heterocycles. The highest BCUT2D eigenvalue weighted by molar-refractivity contribution is 7.79. The lowest BCUT2D eigenvalue weighted by molar-refractivity contribution is 0.0734. The van der Waals surface area contributed by atoms with Gasteiger partial charge < -0.3 is 25.8 Å². The number of fused-ring (bicyclic) bond motifs is 2. The van der Waals surface area contributed by atoms with Gasteiger partial charge in [-0.1, -0.05) is 54.6 Å². The number of nitrogens with two attached hydrogens (primary N) is 1. The Bertz CT molecular complexity index is 1450. The minimum absolute atomic E-state index is 0.412. The Labute approximate surface area is 227 Å². The quantitative estimate of drug-likeness (QED) is 0.102. The molecule has 0 bridgehead atoms. The van der Waals surface area contributed by atoms with E-state index >= 15 is 0 Å². The standard InChI is InChI=1S/C31H29N3O3S/c32-29-26-6-2-1-5-23(26)19-34-28-8-4-3-7-27(28)30(29)33-17-18-36-24-15-11-22(12-16-24)31(35)37-25-13-9-21(20-38)10-14-25/h1-16,33-34,38H,17-20,32H2. The van der Waals surface area contributed by atoms with Crippen molar-refractivity contribution >= 4 is 35.7 Å². The van der Waals surface area contributed by atoms with Gasteiger partial charge in [-0.05, 0) is 53.6 Å². The molecule has 4 aromatic carbocycles. The second kappa shape index (κ2) is 11.8. The molecule has 0 spiro atoms. The first-order valence-corrected chi connectivity index (χ1v) is 13.1. The van der Waals surface area contributed by atoms with Crippen LogP contribution in [0.15, 0.2) is 97.1 Å². The van der Waals surface area contributed by atoms with Crippen LogP contribution in [0.4, 0.5) is 5.69 Å². The van der Waals surface area contributed by atoms with Crippen LogP contribution in [-0.4, -0.2) is 19.1 Å². The van der Waals surface area contributed by atoms with Crippen LogP contribution in [0.5, 0.6) is 11.5 Å². The molecule has 0 aliphatic carbocycles. The van der Waals surface area contributed by atoms with Crippen molar-refractivity contribution in [1.82, 2.24) is 5.32 Å². The van der Waals surface area contributed by atoms with Crippen molar-refractivity contribution < 1.29 is 14.3 Å². The lowest BCUT2D eigenvalue weighted by atomic mass is 9.97. The summed E-state index contributed by atoms with van der Waals surface area (Å²) in [5.74, 6) is 1.37. The number of esters is 1. The van der Waals surface area contributed by atoms with E-state index in [0.717, 1.165) is 33.6 Å². The SMILES string of the molecule is NC1=C(NCCOc2ccc(C(=O)Oc3ccc(CS)cc3)cc2)c2ccccc2NCc2ccccc21. The van der Waals surface area contributed by atoms with Gasteiger partial charge >= 0.3 is 5.97 Å². The molecule has 192 valence electrons. The van der Waals surface area contributed by atoms with Crippen LogP contribution < -0.4 is 25.8 Å². The highest BCUT2D eigenvalue weighted by Gasteiger charge is 2.18. The zero-order chi connectivity index (χ0) is 26.3. The van der Waals surface area contributed by atoms with Crippen LogP contribution in [0.2, 0.25) is 0 Å². The number of anilines is 1. The maximum absolute atomic E-state index is 12.5. The lowest BCUT2D eigenvalue weighted by Gasteiger charge is -2.23. The predicted octanol–water partition coefficient (Wildman–Crippen LogP) is 5.71. The molecule has 0 unspecified atom stereocenters. The zero-order valence-electron chi connectivity index (χ0n) is 20.8. The second-order valence-corrected chi connectivity index (χ2v) is 9.15. The number of hydrogen-bond donors (Lipinski definition) is 4. The number of rotatable bonds is 8. The van der Waals surface area contributed by atoms with Gasteiger partial charge in [-0.2, -0.15) is 12.6 Å². The summed E-state index contributed by atoms with van der Waals surface area (Å²) in [5, 5.41) is 7.00. The van der Waals surface area contributed by atoms with E-state index in [-0.39, 0.29) is 0 Å². The average molecular weight is 524 g/mol. The van der Waals surface area contributed by atoms with Gasteiger partial charge in [-0.25, -0.2) is 4.79 Å². The first kappa shape index (κ1) is 25.3. The molecule has 4 aromatic rings. The van der Waals surface area contributed by atoms with Gasteiger partial charge in [-0.15, -0.1) is 0 Å². The first-order chi connectivity index (χ1) is 18.6.